The average Bonchev–Trinajstić information content (AvgIpc) is 2.89. The van der Waals surface area contributed by atoms with Crippen LogP contribution in [0.5, 0.6) is 0 Å². The second-order valence-corrected chi connectivity index (χ2v) is 4.79. The fraction of sp³-hybridized carbons (Fsp3) is 0. The molecule has 0 radical (unpaired) electrons. The number of rotatable bonds is 2. The Kier molecular flexibility index (Phi) is 3.23. The lowest BCUT2D eigenvalue weighted by atomic mass is 10.2. The number of aromatic amines is 1. The zero-order valence-corrected chi connectivity index (χ0v) is 11.3. The maximum absolute atomic E-state index is 6.17. The van der Waals surface area contributed by atoms with Gasteiger partial charge in [0.05, 0.1) is 15.7 Å². The summed E-state index contributed by atoms with van der Waals surface area (Å²) in [5, 5.41) is 1.16. The Bertz CT molecular complexity index is 687. The molecule has 5 heteroatoms. The minimum Gasteiger partial charge on any atom is -0.344 e. The van der Waals surface area contributed by atoms with E-state index < -0.39 is 0 Å². The smallest absolute Gasteiger partial charge is 0.139 e. The Hall–Kier alpha value is -1.84. The van der Waals surface area contributed by atoms with E-state index in [1.54, 1.807) is 30.7 Å². The maximum atomic E-state index is 6.17. The zero-order chi connectivity index (χ0) is 13.2. The van der Waals surface area contributed by atoms with Gasteiger partial charge in [-0.2, -0.15) is 0 Å². The summed E-state index contributed by atoms with van der Waals surface area (Å²) in [4.78, 5) is 11.7. The molecular weight excluding hydrogens is 281 g/mol. The molecule has 0 unspecified atom stereocenters. The van der Waals surface area contributed by atoms with E-state index in [0.717, 1.165) is 22.6 Å². The molecule has 1 aromatic carbocycles. The molecule has 3 nitrogen and oxygen atoms in total. The third kappa shape index (κ3) is 2.35. The Morgan fingerprint density at radius 2 is 1.79 bits per heavy atom. The van der Waals surface area contributed by atoms with Crippen LogP contribution in [0.4, 0.5) is 0 Å². The topological polar surface area (TPSA) is 41.6 Å². The van der Waals surface area contributed by atoms with Crippen LogP contribution < -0.4 is 0 Å². The van der Waals surface area contributed by atoms with Gasteiger partial charge in [-0.3, -0.25) is 4.98 Å². The van der Waals surface area contributed by atoms with Gasteiger partial charge in [-0.15, -0.1) is 0 Å². The molecule has 0 fully saturated rings. The van der Waals surface area contributed by atoms with E-state index >= 15 is 0 Å². The summed E-state index contributed by atoms with van der Waals surface area (Å²) in [5.41, 5.74) is 2.36. The third-order valence-electron chi connectivity index (χ3n) is 2.73. The first kappa shape index (κ1) is 12.2. The fourth-order valence-electron chi connectivity index (χ4n) is 1.84. The molecule has 3 aromatic rings. The minimum atomic E-state index is 0.580. The highest BCUT2D eigenvalue weighted by Crippen LogP contribution is 2.34. The van der Waals surface area contributed by atoms with Crippen molar-refractivity contribution in [2.24, 2.45) is 0 Å². The van der Waals surface area contributed by atoms with Gasteiger partial charge >= 0.3 is 0 Å². The average molecular weight is 290 g/mol. The van der Waals surface area contributed by atoms with Gasteiger partial charge < -0.3 is 4.98 Å². The predicted octanol–water partition coefficient (Wildman–Crippen LogP) is 4.45. The Morgan fingerprint density at radius 1 is 1.00 bits per heavy atom. The maximum Gasteiger partial charge on any atom is 0.139 e. The van der Waals surface area contributed by atoms with Gasteiger partial charge in [0.1, 0.15) is 5.82 Å². The number of nitrogens with one attached hydrogen (secondary N) is 1. The van der Waals surface area contributed by atoms with E-state index in [4.69, 9.17) is 23.2 Å². The van der Waals surface area contributed by atoms with Crippen molar-refractivity contribution in [2.75, 3.05) is 0 Å². The van der Waals surface area contributed by atoms with Crippen LogP contribution in [0.25, 0.3) is 22.6 Å². The summed E-state index contributed by atoms with van der Waals surface area (Å²) in [7, 11) is 0. The molecule has 0 aliphatic carbocycles. The molecular formula is C14H9Cl2N3. The fourth-order valence-corrected chi connectivity index (χ4v) is 2.43. The lowest BCUT2D eigenvalue weighted by molar-refractivity contribution is 1.26. The number of aromatic nitrogens is 3. The summed E-state index contributed by atoms with van der Waals surface area (Å²) in [6, 6.07) is 9.19. The van der Waals surface area contributed by atoms with Crippen LogP contribution in [0.15, 0.2) is 48.9 Å². The first-order valence-electron chi connectivity index (χ1n) is 5.66. The molecule has 0 saturated carbocycles. The number of pyridine rings is 1. The van der Waals surface area contributed by atoms with Crippen LogP contribution >= 0.6 is 23.2 Å². The van der Waals surface area contributed by atoms with Gasteiger partial charge in [-0.1, -0.05) is 29.3 Å². The van der Waals surface area contributed by atoms with E-state index in [1.807, 2.05) is 18.2 Å². The predicted molar refractivity (Wildman–Crippen MR) is 77.3 cm³/mol. The van der Waals surface area contributed by atoms with Crippen molar-refractivity contribution in [2.45, 2.75) is 0 Å². The van der Waals surface area contributed by atoms with Gasteiger partial charge in [-0.25, -0.2) is 4.98 Å². The number of nitrogens with zero attached hydrogens (tertiary/aromatic N) is 2. The van der Waals surface area contributed by atoms with Crippen LogP contribution in [-0.2, 0) is 0 Å². The minimum absolute atomic E-state index is 0.580. The summed E-state index contributed by atoms with van der Waals surface area (Å²) in [5.74, 6) is 0.735. The first-order valence-corrected chi connectivity index (χ1v) is 6.41. The molecule has 2 aromatic heterocycles. The molecule has 0 bridgehead atoms. The van der Waals surface area contributed by atoms with Crippen molar-refractivity contribution in [3.63, 3.8) is 0 Å². The van der Waals surface area contributed by atoms with Crippen molar-refractivity contribution < 1.29 is 0 Å². The standard InChI is InChI=1S/C14H9Cl2N3/c15-10-4-1-5-11(16)13(10)12-8-18-14(19-12)9-3-2-6-17-7-9/h1-8H,(H,18,19). The van der Waals surface area contributed by atoms with Crippen molar-refractivity contribution in [3.05, 3.63) is 59.0 Å². The monoisotopic (exact) mass is 289 g/mol. The summed E-state index contributed by atoms with van der Waals surface area (Å²) < 4.78 is 0. The van der Waals surface area contributed by atoms with Crippen LogP contribution in [-0.4, -0.2) is 15.0 Å². The zero-order valence-electron chi connectivity index (χ0n) is 9.77. The molecule has 0 atom stereocenters. The number of halogens is 2. The number of benzene rings is 1. The molecule has 19 heavy (non-hydrogen) atoms. The van der Waals surface area contributed by atoms with Gasteiger partial charge in [-0.05, 0) is 24.3 Å². The van der Waals surface area contributed by atoms with Crippen molar-refractivity contribution in [1.29, 1.82) is 0 Å². The summed E-state index contributed by atoms with van der Waals surface area (Å²) in [6.45, 7) is 0. The Labute approximate surface area is 120 Å². The van der Waals surface area contributed by atoms with Crippen molar-refractivity contribution in [1.82, 2.24) is 15.0 Å². The number of hydrogen-bond acceptors (Lipinski definition) is 2. The number of imidazole rings is 1. The van der Waals surface area contributed by atoms with Crippen LogP contribution in [0.1, 0.15) is 0 Å². The van der Waals surface area contributed by atoms with Gasteiger partial charge in [0.15, 0.2) is 0 Å². The molecule has 1 N–H and O–H groups in total. The van der Waals surface area contributed by atoms with Crippen LogP contribution in [0.3, 0.4) is 0 Å². The van der Waals surface area contributed by atoms with Crippen LogP contribution in [0.2, 0.25) is 10.0 Å². The Balaban J connectivity index is 2.07. The highest BCUT2D eigenvalue weighted by molar-refractivity contribution is 6.39. The van der Waals surface area contributed by atoms with Crippen molar-refractivity contribution in [3.8, 4) is 22.6 Å². The molecule has 0 aliphatic heterocycles. The second kappa shape index (κ2) is 5.03. The molecule has 0 amide bonds. The number of H-pyrrole nitrogens is 1. The van der Waals surface area contributed by atoms with E-state index in [-0.39, 0.29) is 0 Å². The Morgan fingerprint density at radius 3 is 2.47 bits per heavy atom. The van der Waals surface area contributed by atoms with E-state index in [2.05, 4.69) is 15.0 Å². The first-order chi connectivity index (χ1) is 9.25. The lowest BCUT2D eigenvalue weighted by Crippen LogP contribution is -1.83. The summed E-state index contributed by atoms with van der Waals surface area (Å²) in [6.07, 6.45) is 5.25. The molecule has 0 spiro atoms. The highest BCUT2D eigenvalue weighted by atomic mass is 35.5. The largest absolute Gasteiger partial charge is 0.344 e. The quantitative estimate of drug-likeness (QED) is 0.757. The molecule has 3 rings (SSSR count). The second-order valence-electron chi connectivity index (χ2n) is 3.97. The van der Waals surface area contributed by atoms with Gasteiger partial charge in [0.25, 0.3) is 0 Å². The molecule has 2 heterocycles. The van der Waals surface area contributed by atoms with Crippen LogP contribution in [0, 0.1) is 0 Å². The summed E-state index contributed by atoms with van der Waals surface area (Å²) >= 11 is 12.3. The lowest BCUT2D eigenvalue weighted by Gasteiger charge is -2.02. The van der Waals surface area contributed by atoms with Crippen molar-refractivity contribution >= 4 is 23.2 Å². The van der Waals surface area contributed by atoms with E-state index in [1.165, 1.54) is 0 Å². The SMILES string of the molecule is Clc1cccc(Cl)c1-c1c[nH]c(-c2cccnc2)n1. The van der Waals surface area contributed by atoms with Gasteiger partial charge in [0, 0.05) is 29.7 Å². The molecule has 0 aliphatic rings. The van der Waals surface area contributed by atoms with E-state index in [0.29, 0.717) is 10.0 Å². The van der Waals surface area contributed by atoms with Gasteiger partial charge in [0.2, 0.25) is 0 Å². The van der Waals surface area contributed by atoms with E-state index in [9.17, 15) is 0 Å². The molecule has 0 saturated heterocycles. The third-order valence-corrected chi connectivity index (χ3v) is 3.36. The highest BCUT2D eigenvalue weighted by Gasteiger charge is 2.12. The molecule has 94 valence electrons. The number of hydrogen-bond donors (Lipinski definition) is 1. The normalized spacial score (nSPS) is 10.6.